The zero-order valence-corrected chi connectivity index (χ0v) is 22.7. The van der Waals surface area contributed by atoms with Crippen LogP contribution in [0.1, 0.15) is 22.5 Å². The molecule has 1 aromatic heterocycles. The summed E-state index contributed by atoms with van der Waals surface area (Å²) in [7, 11) is 0. The second kappa shape index (κ2) is 12.5. The number of guanidine groups is 1. The van der Waals surface area contributed by atoms with Gasteiger partial charge in [-0.3, -0.25) is 15.1 Å². The third-order valence-electron chi connectivity index (χ3n) is 5.28. The molecule has 3 aromatic carbocycles. The van der Waals surface area contributed by atoms with Gasteiger partial charge in [0.15, 0.2) is 28.4 Å². The molecule has 0 aliphatic carbocycles. The van der Waals surface area contributed by atoms with Gasteiger partial charge in [-0.1, -0.05) is 54.1 Å². The molecule has 0 radical (unpaired) electrons. The number of aromatic nitrogens is 2. The molecular weight excluding hydrogens is 605 g/mol. The van der Waals surface area contributed by atoms with Crippen molar-refractivity contribution in [1.29, 1.82) is 0 Å². The molecule has 9 nitrogen and oxygen atoms in total. The van der Waals surface area contributed by atoms with Crippen LogP contribution in [-0.4, -0.2) is 35.0 Å². The highest BCUT2D eigenvalue weighted by molar-refractivity contribution is 14.1. The molecule has 0 unspecified atom stereocenters. The Morgan fingerprint density at radius 3 is 2.59 bits per heavy atom. The van der Waals surface area contributed by atoms with Crippen molar-refractivity contribution in [2.75, 3.05) is 24.2 Å². The molecule has 0 atom stereocenters. The van der Waals surface area contributed by atoms with Crippen molar-refractivity contribution in [2.24, 2.45) is 10.7 Å². The lowest BCUT2D eigenvalue weighted by Crippen LogP contribution is -2.38. The highest BCUT2D eigenvalue weighted by Crippen LogP contribution is 2.22. The summed E-state index contributed by atoms with van der Waals surface area (Å²) in [5, 5.41) is 7.83. The Labute approximate surface area is 232 Å². The number of nitrogens with one attached hydrogen (secondary N) is 2. The van der Waals surface area contributed by atoms with Crippen LogP contribution in [0.25, 0.3) is 10.8 Å². The zero-order chi connectivity index (χ0) is 26.2. The van der Waals surface area contributed by atoms with Crippen LogP contribution >= 0.6 is 34.2 Å². The molecule has 190 valence electrons. The van der Waals surface area contributed by atoms with Crippen LogP contribution in [0.2, 0.25) is 5.15 Å². The number of carbonyl (C=O) groups is 1. The summed E-state index contributed by atoms with van der Waals surface area (Å²) in [5.74, 6) is 0.274. The minimum absolute atomic E-state index is 0.0196. The van der Waals surface area contributed by atoms with Gasteiger partial charge in [0.2, 0.25) is 0 Å². The topological polar surface area (TPSA) is 141 Å². The van der Waals surface area contributed by atoms with Gasteiger partial charge >= 0.3 is 0 Å². The van der Waals surface area contributed by atoms with Gasteiger partial charge in [0.05, 0.1) is 6.61 Å². The number of hydrogen-bond donors (Lipinski definition) is 4. The molecular formula is C26H25ClIN7O2. The third kappa shape index (κ3) is 7.43. The lowest BCUT2D eigenvalue weighted by Gasteiger charge is -2.11. The molecule has 0 fully saturated rings. The Balaban J connectivity index is 1.25. The highest BCUT2D eigenvalue weighted by atomic mass is 127. The van der Waals surface area contributed by atoms with E-state index in [4.69, 9.17) is 27.8 Å². The van der Waals surface area contributed by atoms with Crippen molar-refractivity contribution in [3.63, 3.8) is 0 Å². The monoisotopic (exact) mass is 629 g/mol. The largest absolute Gasteiger partial charge is 0.494 e. The van der Waals surface area contributed by atoms with Crippen molar-refractivity contribution < 1.29 is 9.53 Å². The average Bonchev–Trinajstić information content (AvgIpc) is 2.89. The second-order valence-corrected chi connectivity index (χ2v) is 9.61. The van der Waals surface area contributed by atoms with E-state index in [2.05, 4.69) is 54.3 Å². The minimum Gasteiger partial charge on any atom is -0.494 e. The lowest BCUT2D eigenvalue weighted by molar-refractivity contribution is 0.0972. The number of carbonyl (C=O) groups excluding carboxylic acids is 1. The van der Waals surface area contributed by atoms with Gasteiger partial charge in [-0.15, -0.1) is 0 Å². The molecule has 0 saturated heterocycles. The van der Waals surface area contributed by atoms with Crippen LogP contribution in [0, 0.1) is 3.57 Å². The lowest BCUT2D eigenvalue weighted by atomic mass is 10.1. The fourth-order valence-corrected chi connectivity index (χ4v) is 3.98. The maximum Gasteiger partial charge on any atom is 0.280 e. The number of amides is 1. The van der Waals surface area contributed by atoms with E-state index in [1.807, 2.05) is 60.7 Å². The number of benzene rings is 3. The molecule has 0 bridgehead atoms. The van der Waals surface area contributed by atoms with Crippen molar-refractivity contribution in [2.45, 2.75) is 13.0 Å². The summed E-state index contributed by atoms with van der Waals surface area (Å²) >= 11 is 8.46. The normalized spacial score (nSPS) is 11.4. The predicted molar refractivity (Wildman–Crippen MR) is 156 cm³/mol. The number of nitrogens with zero attached hydrogens (tertiary/aromatic N) is 3. The van der Waals surface area contributed by atoms with Crippen LogP contribution in [0.4, 0.5) is 11.6 Å². The van der Waals surface area contributed by atoms with E-state index < -0.39 is 5.91 Å². The first-order valence-electron chi connectivity index (χ1n) is 11.4. The molecule has 6 N–H and O–H groups in total. The number of nitrogens with two attached hydrogens (primary N) is 2. The number of hydrogen-bond acceptors (Lipinski definition) is 7. The number of rotatable bonds is 9. The average molecular weight is 630 g/mol. The fraction of sp³-hybridized carbons (Fsp3) is 0.154. The van der Waals surface area contributed by atoms with Gasteiger partial charge in [-0.2, -0.15) is 0 Å². The Morgan fingerprint density at radius 2 is 1.81 bits per heavy atom. The number of anilines is 2. The van der Waals surface area contributed by atoms with Crippen molar-refractivity contribution in [1.82, 2.24) is 15.3 Å². The van der Waals surface area contributed by atoms with E-state index in [0.717, 1.165) is 25.7 Å². The Bertz CT molecular complexity index is 1430. The third-order valence-corrected chi connectivity index (χ3v) is 6.27. The van der Waals surface area contributed by atoms with E-state index in [1.165, 1.54) is 0 Å². The zero-order valence-electron chi connectivity index (χ0n) is 19.7. The molecule has 1 amide bonds. The Hall–Kier alpha value is -3.64. The van der Waals surface area contributed by atoms with Gasteiger partial charge < -0.3 is 21.5 Å². The van der Waals surface area contributed by atoms with Crippen LogP contribution in [0.15, 0.2) is 71.7 Å². The number of nitrogen functional groups attached to an aromatic ring is 1. The minimum atomic E-state index is -0.648. The summed E-state index contributed by atoms with van der Waals surface area (Å²) in [5.41, 5.74) is 12.7. The van der Waals surface area contributed by atoms with Gasteiger partial charge in [0.25, 0.3) is 5.91 Å². The van der Waals surface area contributed by atoms with Crippen LogP contribution in [0.5, 0.6) is 5.75 Å². The van der Waals surface area contributed by atoms with Crippen molar-refractivity contribution in [3.05, 3.63) is 86.7 Å². The summed E-state index contributed by atoms with van der Waals surface area (Å²) in [6.07, 6.45) is 0.609. The number of ether oxygens (including phenoxy) is 1. The number of fused-ring (bicyclic) bond motifs is 1. The van der Waals surface area contributed by atoms with Crippen molar-refractivity contribution in [3.8, 4) is 5.75 Å². The SMILES string of the molecule is NC(=NCCCOc1ccc2ccccc2c1)NC(=O)c1nc(Cl)c(NCc2ccc(I)cc2)nc1N. The number of aliphatic imine (C=N–C) groups is 1. The maximum atomic E-state index is 12.6. The van der Waals surface area contributed by atoms with Crippen LogP contribution in [-0.2, 0) is 6.54 Å². The van der Waals surface area contributed by atoms with Crippen LogP contribution < -0.4 is 26.8 Å². The fourth-order valence-electron chi connectivity index (χ4n) is 3.42. The summed E-state index contributed by atoms with van der Waals surface area (Å²) in [4.78, 5) is 25.0. The smallest absolute Gasteiger partial charge is 0.280 e. The molecule has 0 saturated carbocycles. The molecule has 11 heteroatoms. The van der Waals surface area contributed by atoms with Gasteiger partial charge in [0.1, 0.15) is 5.75 Å². The summed E-state index contributed by atoms with van der Waals surface area (Å²) < 4.78 is 6.92. The van der Waals surface area contributed by atoms with Crippen LogP contribution in [0.3, 0.4) is 0 Å². The van der Waals surface area contributed by atoms with E-state index in [9.17, 15) is 4.79 Å². The van der Waals surface area contributed by atoms with Crippen molar-refractivity contribution >= 4 is 68.5 Å². The molecule has 4 aromatic rings. The quantitative estimate of drug-likeness (QED) is 0.0918. The second-order valence-electron chi connectivity index (χ2n) is 8.01. The molecule has 4 rings (SSSR count). The van der Waals surface area contributed by atoms with E-state index >= 15 is 0 Å². The molecule has 0 aliphatic rings. The first-order chi connectivity index (χ1) is 17.9. The van der Waals surface area contributed by atoms with Gasteiger partial charge in [-0.25, -0.2) is 9.97 Å². The van der Waals surface area contributed by atoms with E-state index in [1.54, 1.807) is 0 Å². The molecule has 37 heavy (non-hydrogen) atoms. The van der Waals surface area contributed by atoms with Gasteiger partial charge in [-0.05, 0) is 63.2 Å². The summed E-state index contributed by atoms with van der Waals surface area (Å²) in [6.45, 7) is 1.29. The first-order valence-corrected chi connectivity index (χ1v) is 12.9. The highest BCUT2D eigenvalue weighted by Gasteiger charge is 2.17. The van der Waals surface area contributed by atoms with E-state index in [0.29, 0.717) is 26.1 Å². The number of halogens is 2. The first kappa shape index (κ1) is 26.4. The van der Waals surface area contributed by atoms with E-state index in [-0.39, 0.29) is 28.4 Å². The molecule has 0 aliphatic heterocycles. The standard InChI is InChI=1S/C26H25ClIN7O2/c27-22-24(32-15-16-6-9-19(28)10-7-16)34-23(29)21(33-22)25(36)35-26(30)31-12-3-13-37-20-11-8-17-4-1-2-5-18(17)14-20/h1-2,4-11,14H,3,12-13,15H2,(H3,29,32,34)(H3,30,31,35,36). The Kier molecular flexibility index (Phi) is 8.96. The Morgan fingerprint density at radius 1 is 1.05 bits per heavy atom. The maximum absolute atomic E-state index is 12.6. The summed E-state index contributed by atoms with van der Waals surface area (Å²) in [6, 6.07) is 22.0. The van der Waals surface area contributed by atoms with Gasteiger partial charge in [0, 0.05) is 23.1 Å². The predicted octanol–water partition coefficient (Wildman–Crippen LogP) is 4.60. The molecule has 0 spiro atoms. The molecule has 1 heterocycles.